The monoisotopic (exact) mass is 1560 g/mol. The summed E-state index contributed by atoms with van der Waals surface area (Å²) in [6.45, 7) is 0. The fourth-order valence-electron chi connectivity index (χ4n) is 0. The minimum atomic E-state index is 0. The van der Waals surface area contributed by atoms with E-state index in [1.165, 1.54) is 0 Å². The van der Waals surface area contributed by atoms with Crippen molar-refractivity contribution in [1.82, 2.24) is 0 Å². The summed E-state index contributed by atoms with van der Waals surface area (Å²) in [7, 11) is 0. The van der Waals surface area contributed by atoms with E-state index in [-0.39, 0.29) is 149 Å². The molecule has 0 atom stereocenters. The summed E-state index contributed by atoms with van der Waals surface area (Å²) in [5.74, 6) is 0. The summed E-state index contributed by atoms with van der Waals surface area (Å²) in [5.41, 5.74) is 0. The molecule has 0 spiro atoms. The largest absolute Gasteiger partial charge is 0.169 e. The zero-order chi connectivity index (χ0) is 54.1. The van der Waals surface area contributed by atoms with E-state index >= 15 is 0 Å². The molecule has 0 bridgehead atoms. The molecule has 0 saturated heterocycles. The predicted octanol–water partition coefficient (Wildman–Crippen LogP) is 32.3. The van der Waals surface area contributed by atoms with Crippen LogP contribution in [0.3, 0.4) is 0 Å². The summed E-state index contributed by atoms with van der Waals surface area (Å²) < 4.78 is 0. The third-order valence-corrected chi connectivity index (χ3v) is 0. The first-order valence-corrected chi connectivity index (χ1v) is 49.0. The lowest BCUT2D eigenvalue weighted by Gasteiger charge is -1.51. The predicted molar refractivity (Wildman–Crippen MR) is 523 cm³/mol. The summed E-state index contributed by atoms with van der Waals surface area (Å²) >= 11 is 35.0. The van der Waals surface area contributed by atoms with Gasteiger partial charge in [0.05, 0.1) is 0 Å². The topological polar surface area (TPSA) is 0 Å². The van der Waals surface area contributed by atoms with Crippen molar-refractivity contribution in [3.05, 3.63) is 0 Å². The summed E-state index contributed by atoms with van der Waals surface area (Å²) in [6.07, 6.45) is 81.7. The average molecular weight is 1560 g/mol. The highest BCUT2D eigenvalue weighted by molar-refractivity contribution is 8.01. The molecule has 0 aliphatic heterocycles. The van der Waals surface area contributed by atoms with E-state index < -0.39 is 0 Å². The lowest BCUT2D eigenvalue weighted by atomic mass is 11.9. The first-order valence-electron chi connectivity index (χ1n) is 16.3. The van der Waals surface area contributed by atoms with Crippen molar-refractivity contribution in [2.45, 2.75) is 149 Å². The van der Waals surface area contributed by atoms with Crippen molar-refractivity contribution in [3.8, 4) is 0 Å². The third-order valence-electron chi connectivity index (χ3n) is 0. The van der Waals surface area contributed by atoms with Gasteiger partial charge in [0.15, 0.2) is 0 Å². The van der Waals surface area contributed by atoms with Crippen LogP contribution in [0, 0.1) is 0 Å². The van der Waals surface area contributed by atoms with Gasteiger partial charge in [-0.1, -0.05) is 149 Å². The Morgan fingerprint density at radius 2 is 0.0625 bits per heavy atom. The Bertz CT molecular complexity index is 151. The van der Waals surface area contributed by atoms with Crippen molar-refractivity contribution in [2.75, 3.05) is 250 Å². The lowest BCUT2D eigenvalue weighted by molar-refractivity contribution is 2.37. The second-order valence-corrected chi connectivity index (χ2v) is 24.5. The smallest absolute Gasteiger partial charge is 0.0187 e. The van der Waals surface area contributed by atoms with Gasteiger partial charge in [-0.15, -0.1) is 0 Å². The van der Waals surface area contributed by atoms with Gasteiger partial charge in [0, 0.05) is 0 Å². The zero-order valence-electron chi connectivity index (χ0n) is 48.2. The highest BCUT2D eigenvalue weighted by atomic mass is 32.2. The Kier molecular flexibility index (Phi) is 3100. The van der Waals surface area contributed by atoms with Gasteiger partial charge in [0.25, 0.3) is 0 Å². The quantitative estimate of drug-likeness (QED) is 0.226. The van der Waals surface area contributed by atoms with Gasteiger partial charge < -0.3 is 0 Å². The highest BCUT2D eigenvalue weighted by Gasteiger charge is 1.38. The van der Waals surface area contributed by atoms with E-state index in [1.54, 1.807) is 235 Å². The molecule has 0 aliphatic carbocycles. The van der Waals surface area contributed by atoms with E-state index in [9.17, 15) is 0 Å². The molecule has 20 heteroatoms. The molecule has 0 aromatic rings. The molecule has 0 fully saturated rings. The van der Waals surface area contributed by atoms with Crippen LogP contribution in [0.4, 0.5) is 0 Å². The van der Waals surface area contributed by atoms with Crippen molar-refractivity contribution in [2.24, 2.45) is 0 Å². The maximum atomic E-state index is 2.04. The Hall–Kier alpha value is 7.00. The average Bonchev–Trinajstić information content (AvgIpc) is 3.12. The van der Waals surface area contributed by atoms with Crippen LogP contribution < -0.4 is 0 Å². The van der Waals surface area contributed by atoms with E-state index in [0.29, 0.717) is 0 Å². The highest BCUT2D eigenvalue weighted by Crippen LogP contribution is 1.75. The molecule has 0 aliphatic rings. The number of rotatable bonds is 0. The normalized spacial score (nSPS) is 4.50. The molecular formula is C60H200S20. The Morgan fingerprint density at radius 1 is 0.0625 bits per heavy atom. The van der Waals surface area contributed by atoms with Crippen LogP contribution >= 0.6 is 235 Å². The van der Waals surface area contributed by atoms with Gasteiger partial charge in [-0.2, -0.15) is 235 Å². The van der Waals surface area contributed by atoms with Crippen LogP contribution in [0.2, 0.25) is 0 Å². The van der Waals surface area contributed by atoms with Crippen molar-refractivity contribution in [1.29, 1.82) is 0 Å². The van der Waals surface area contributed by atoms with Crippen LogP contribution in [-0.4, -0.2) is 250 Å². The number of thioether (sulfide) groups is 20. The minimum Gasteiger partial charge on any atom is -0.169 e. The number of hydrogen-bond acceptors (Lipinski definition) is 20. The second-order valence-electron chi connectivity index (χ2n) is 8.16. The van der Waals surface area contributed by atoms with Crippen LogP contribution in [-0.2, 0) is 0 Å². The van der Waals surface area contributed by atoms with E-state index in [2.05, 4.69) is 0 Å². The maximum absolute atomic E-state index is 2.04. The molecule has 0 radical (unpaired) electrons. The molecule has 0 heterocycles. The molecule has 0 amide bonds. The fraction of sp³-hybridized carbons (Fsp3) is 1.00. The first kappa shape index (κ1) is 291. The molecule has 0 rings (SSSR count). The SMILES string of the molecule is C.C.C.C.C.C.C.C.C.C.C.C.C.C.C.C.C.C.C.C.CSC.CSC.CSC.CSC.CSC.CSC.CSC.CSC.CSC.CSC.CSC.CSC.CSC.CSC.CSC.CSC.CSC.CSC.CSC.CSC. The Morgan fingerprint density at radius 3 is 0.0625 bits per heavy atom. The molecule has 0 N–H and O–H groups in total. The Labute approximate surface area is 626 Å². The van der Waals surface area contributed by atoms with Gasteiger partial charge in [-0.25, -0.2) is 0 Å². The van der Waals surface area contributed by atoms with Crippen LogP contribution in [0.15, 0.2) is 0 Å². The van der Waals surface area contributed by atoms with Gasteiger partial charge in [0.2, 0.25) is 0 Å². The van der Waals surface area contributed by atoms with Crippen molar-refractivity contribution >= 4 is 235 Å². The van der Waals surface area contributed by atoms with Gasteiger partial charge in [0.1, 0.15) is 0 Å². The van der Waals surface area contributed by atoms with Gasteiger partial charge in [-0.05, 0) is 250 Å². The van der Waals surface area contributed by atoms with Gasteiger partial charge >= 0.3 is 0 Å². The molecule has 0 aromatic heterocycles. The van der Waals surface area contributed by atoms with Gasteiger partial charge in [-0.3, -0.25) is 0 Å². The van der Waals surface area contributed by atoms with Crippen LogP contribution in [0.5, 0.6) is 0 Å². The maximum Gasteiger partial charge on any atom is -0.0187 e. The summed E-state index contributed by atoms with van der Waals surface area (Å²) in [4.78, 5) is 0. The van der Waals surface area contributed by atoms with Crippen LogP contribution in [0.1, 0.15) is 149 Å². The van der Waals surface area contributed by atoms with Crippen LogP contribution in [0.25, 0.3) is 0 Å². The molecule has 0 nitrogen and oxygen atoms in total. The molecular weight excluding hydrogens is 1360 g/mol. The summed E-state index contributed by atoms with van der Waals surface area (Å²) in [6, 6.07) is 0. The van der Waals surface area contributed by atoms with E-state index in [4.69, 9.17) is 0 Å². The fourth-order valence-corrected chi connectivity index (χ4v) is 0. The first-order chi connectivity index (χ1) is 28.3. The van der Waals surface area contributed by atoms with E-state index in [0.717, 1.165) is 0 Å². The molecule has 0 saturated carbocycles. The standard InChI is InChI=1S/20C2H6S.20CH4/c20*1-3-2;;;;;;;;;;;;;;;;;;;;/h20*1-2H3;20*1H4. The minimum absolute atomic E-state index is 0. The molecule has 560 valence electrons. The second kappa shape index (κ2) is 852. The summed E-state index contributed by atoms with van der Waals surface area (Å²) in [5, 5.41) is 0. The lowest BCUT2D eigenvalue weighted by Crippen LogP contribution is -1.25. The van der Waals surface area contributed by atoms with Crippen molar-refractivity contribution in [3.63, 3.8) is 0 Å². The Balaban J connectivity index is -0.00000000547. The number of hydrogen-bond donors (Lipinski definition) is 0. The van der Waals surface area contributed by atoms with E-state index in [1.807, 2.05) is 250 Å². The third kappa shape index (κ3) is 12200. The zero-order valence-corrected chi connectivity index (χ0v) is 64.5. The molecule has 0 unspecified atom stereocenters. The molecule has 0 aromatic carbocycles. The molecule has 80 heavy (non-hydrogen) atoms. The van der Waals surface area contributed by atoms with Crippen molar-refractivity contribution < 1.29 is 0 Å².